The molecule has 0 radical (unpaired) electrons. The van der Waals surface area contributed by atoms with Gasteiger partial charge in [-0.15, -0.1) is 0 Å². The first-order valence-corrected chi connectivity index (χ1v) is 7.62. The van der Waals surface area contributed by atoms with Gasteiger partial charge in [-0.1, -0.05) is 17.7 Å². The Bertz CT molecular complexity index is 596. The van der Waals surface area contributed by atoms with E-state index in [9.17, 15) is 0 Å². The summed E-state index contributed by atoms with van der Waals surface area (Å²) in [4.78, 5) is 6.46. The third kappa shape index (κ3) is 3.26. The summed E-state index contributed by atoms with van der Waals surface area (Å²) in [6.45, 7) is 5.12. The molecule has 21 heavy (non-hydrogen) atoms. The lowest BCUT2D eigenvalue weighted by molar-refractivity contribution is 0.308. The highest BCUT2D eigenvalue weighted by Gasteiger charge is 2.25. The van der Waals surface area contributed by atoms with Crippen molar-refractivity contribution in [3.63, 3.8) is 0 Å². The van der Waals surface area contributed by atoms with E-state index in [0.29, 0.717) is 10.9 Å². The van der Waals surface area contributed by atoms with E-state index >= 15 is 0 Å². The van der Waals surface area contributed by atoms with Gasteiger partial charge < -0.3 is 5.73 Å². The van der Waals surface area contributed by atoms with Crippen molar-refractivity contribution < 1.29 is 0 Å². The normalized spacial score (nSPS) is 20.8. The van der Waals surface area contributed by atoms with Crippen LogP contribution in [0, 0.1) is 5.92 Å². The number of likely N-dealkylation sites (tertiary alicyclic amines) is 1. The Morgan fingerprint density at radius 1 is 1.48 bits per heavy atom. The quantitative estimate of drug-likeness (QED) is 0.939. The van der Waals surface area contributed by atoms with Crippen LogP contribution in [-0.2, 0) is 6.54 Å². The summed E-state index contributed by atoms with van der Waals surface area (Å²) in [5, 5.41) is 4.92. The van der Waals surface area contributed by atoms with Crippen molar-refractivity contribution in [1.82, 2.24) is 19.7 Å². The molecule has 1 fully saturated rings. The fourth-order valence-corrected chi connectivity index (χ4v) is 3.06. The maximum absolute atomic E-state index is 6.12. The molecule has 1 aliphatic heterocycles. The maximum Gasteiger partial charge on any atom is 0.138 e. The van der Waals surface area contributed by atoms with Gasteiger partial charge in [-0.25, -0.2) is 9.67 Å². The molecule has 5 nitrogen and oxygen atoms in total. The van der Waals surface area contributed by atoms with E-state index in [2.05, 4.69) is 28.0 Å². The number of nitrogens with zero attached hydrogens (tertiary/aromatic N) is 4. The fraction of sp³-hybridized carbons (Fsp3) is 0.467. The van der Waals surface area contributed by atoms with Crippen LogP contribution in [0.15, 0.2) is 30.9 Å². The molecule has 1 aromatic carbocycles. The number of benzene rings is 1. The molecule has 2 N–H and O–H groups in total. The zero-order valence-electron chi connectivity index (χ0n) is 12.1. The van der Waals surface area contributed by atoms with Crippen LogP contribution in [0.3, 0.4) is 0 Å². The zero-order valence-corrected chi connectivity index (χ0v) is 12.9. The number of hydrogen-bond acceptors (Lipinski definition) is 4. The summed E-state index contributed by atoms with van der Waals surface area (Å²) in [7, 11) is 0. The Kier molecular flexibility index (Phi) is 4.24. The van der Waals surface area contributed by atoms with Crippen molar-refractivity contribution in [2.75, 3.05) is 13.1 Å². The Hall–Kier alpha value is -1.43. The molecule has 1 aromatic heterocycles. The monoisotopic (exact) mass is 305 g/mol. The van der Waals surface area contributed by atoms with Gasteiger partial charge in [0, 0.05) is 24.2 Å². The molecule has 0 spiro atoms. The van der Waals surface area contributed by atoms with E-state index in [0.717, 1.165) is 25.3 Å². The number of nitrogens with two attached hydrogens (primary N) is 1. The minimum absolute atomic E-state index is 0.259. The fourth-order valence-electron chi connectivity index (χ4n) is 2.89. The molecule has 6 heteroatoms. The molecule has 0 saturated carbocycles. The number of aromatic nitrogens is 3. The first-order valence-electron chi connectivity index (χ1n) is 7.25. The molecule has 0 bridgehead atoms. The van der Waals surface area contributed by atoms with Gasteiger partial charge in [0.15, 0.2) is 0 Å². The highest BCUT2D eigenvalue weighted by Crippen LogP contribution is 2.25. The standard InChI is InChI=1S/C15H20ClN5/c1-11(17)12-4-5-20(7-12)8-13-2-3-14(16)6-15(13)21-10-18-9-19-21/h2-3,6,9-12H,4-5,7-8,17H2,1H3. The maximum atomic E-state index is 6.12. The molecule has 1 aliphatic rings. The molecule has 1 saturated heterocycles. The topological polar surface area (TPSA) is 60.0 Å². The van der Waals surface area contributed by atoms with Crippen LogP contribution >= 0.6 is 11.6 Å². The Labute approximate surface area is 129 Å². The molecule has 0 aliphatic carbocycles. The molecule has 0 amide bonds. The van der Waals surface area contributed by atoms with Crippen LogP contribution in [0.2, 0.25) is 5.02 Å². The Balaban J connectivity index is 1.80. The first-order chi connectivity index (χ1) is 10.1. The van der Waals surface area contributed by atoms with Crippen molar-refractivity contribution in [2.24, 2.45) is 11.7 Å². The van der Waals surface area contributed by atoms with E-state index in [1.54, 1.807) is 11.0 Å². The first kappa shape index (κ1) is 14.5. The summed E-state index contributed by atoms with van der Waals surface area (Å²) in [5.41, 5.74) is 8.21. The van der Waals surface area contributed by atoms with Crippen LogP contribution in [-0.4, -0.2) is 38.8 Å². The molecule has 2 unspecified atom stereocenters. The van der Waals surface area contributed by atoms with Crippen molar-refractivity contribution in [2.45, 2.75) is 25.9 Å². The summed E-state index contributed by atoms with van der Waals surface area (Å²) >= 11 is 6.12. The van der Waals surface area contributed by atoms with Gasteiger partial charge >= 0.3 is 0 Å². The van der Waals surface area contributed by atoms with Gasteiger partial charge in [0.25, 0.3) is 0 Å². The minimum atomic E-state index is 0.259. The highest BCUT2D eigenvalue weighted by molar-refractivity contribution is 6.30. The van der Waals surface area contributed by atoms with Gasteiger partial charge in [-0.05, 0) is 43.5 Å². The lowest BCUT2D eigenvalue weighted by atomic mass is 10.0. The average molecular weight is 306 g/mol. The molecule has 112 valence electrons. The van der Waals surface area contributed by atoms with Crippen molar-refractivity contribution in [3.8, 4) is 5.69 Å². The van der Waals surface area contributed by atoms with E-state index in [1.807, 2.05) is 12.1 Å². The SMILES string of the molecule is CC(N)C1CCN(Cc2ccc(Cl)cc2-n2cncn2)C1. The molecule has 2 atom stereocenters. The number of rotatable bonds is 4. The van der Waals surface area contributed by atoms with Gasteiger partial charge in [0.1, 0.15) is 12.7 Å². The van der Waals surface area contributed by atoms with E-state index in [-0.39, 0.29) is 6.04 Å². The highest BCUT2D eigenvalue weighted by atomic mass is 35.5. The third-order valence-electron chi connectivity index (χ3n) is 4.16. The van der Waals surface area contributed by atoms with Gasteiger partial charge in [0.05, 0.1) is 5.69 Å². The molecule has 2 heterocycles. The molecular formula is C15H20ClN5. The Morgan fingerprint density at radius 2 is 2.33 bits per heavy atom. The second kappa shape index (κ2) is 6.13. The zero-order chi connectivity index (χ0) is 14.8. The number of hydrogen-bond donors (Lipinski definition) is 1. The molecule has 2 aromatic rings. The summed E-state index contributed by atoms with van der Waals surface area (Å²) < 4.78 is 1.76. The smallest absolute Gasteiger partial charge is 0.138 e. The summed E-state index contributed by atoms with van der Waals surface area (Å²) in [5.74, 6) is 0.590. The van der Waals surface area contributed by atoms with E-state index in [1.165, 1.54) is 18.3 Å². The van der Waals surface area contributed by atoms with E-state index in [4.69, 9.17) is 17.3 Å². The van der Waals surface area contributed by atoms with Crippen LogP contribution in [0.4, 0.5) is 0 Å². The lowest BCUT2D eigenvalue weighted by Crippen LogP contribution is -2.29. The predicted molar refractivity (Wildman–Crippen MR) is 83.4 cm³/mol. The number of halogens is 1. The third-order valence-corrected chi connectivity index (χ3v) is 4.39. The van der Waals surface area contributed by atoms with Crippen LogP contribution in [0.1, 0.15) is 18.9 Å². The average Bonchev–Trinajstić information content (AvgIpc) is 3.11. The van der Waals surface area contributed by atoms with Crippen molar-refractivity contribution in [3.05, 3.63) is 41.4 Å². The van der Waals surface area contributed by atoms with Gasteiger partial charge in [0.2, 0.25) is 0 Å². The summed E-state index contributed by atoms with van der Waals surface area (Å²) in [6, 6.07) is 6.19. The van der Waals surface area contributed by atoms with Crippen LogP contribution in [0.25, 0.3) is 5.69 Å². The summed E-state index contributed by atoms with van der Waals surface area (Å²) in [6.07, 6.45) is 4.40. The second-order valence-corrected chi connectivity index (χ2v) is 6.19. The van der Waals surface area contributed by atoms with Gasteiger partial charge in [-0.2, -0.15) is 5.10 Å². The van der Waals surface area contributed by atoms with Crippen LogP contribution < -0.4 is 5.73 Å². The largest absolute Gasteiger partial charge is 0.328 e. The Morgan fingerprint density at radius 3 is 3.00 bits per heavy atom. The molecular weight excluding hydrogens is 286 g/mol. The van der Waals surface area contributed by atoms with Crippen molar-refractivity contribution in [1.29, 1.82) is 0 Å². The van der Waals surface area contributed by atoms with E-state index < -0.39 is 0 Å². The predicted octanol–water partition coefficient (Wildman–Crippen LogP) is 2.09. The minimum Gasteiger partial charge on any atom is -0.328 e. The van der Waals surface area contributed by atoms with Gasteiger partial charge in [-0.3, -0.25) is 4.90 Å². The lowest BCUT2D eigenvalue weighted by Gasteiger charge is -2.19. The van der Waals surface area contributed by atoms with Crippen LogP contribution in [0.5, 0.6) is 0 Å². The molecule has 3 rings (SSSR count). The van der Waals surface area contributed by atoms with Crippen molar-refractivity contribution >= 4 is 11.6 Å². The second-order valence-electron chi connectivity index (χ2n) is 5.76.